The van der Waals surface area contributed by atoms with Crippen molar-refractivity contribution in [1.29, 1.82) is 0 Å². The van der Waals surface area contributed by atoms with Gasteiger partial charge < -0.3 is 9.64 Å². The van der Waals surface area contributed by atoms with Crippen LogP contribution in [0.3, 0.4) is 0 Å². The monoisotopic (exact) mass is 351 g/mol. The van der Waals surface area contributed by atoms with Crippen LogP contribution in [0.25, 0.3) is 0 Å². The molecule has 1 aliphatic carbocycles. The predicted octanol–water partition coefficient (Wildman–Crippen LogP) is 3.18. The first-order valence-corrected chi connectivity index (χ1v) is 8.33. The standard InChI is InChI=1S/C16H18BrNO3/c1-21-11-4-5-12-13(8-11)18(15(20)14(12)19)10-16(9-17)6-2-3-7-16/h4-5,8H,2-3,6-7,9-10H2,1H3. The molecule has 5 heteroatoms. The van der Waals surface area contributed by atoms with E-state index in [2.05, 4.69) is 15.9 Å². The van der Waals surface area contributed by atoms with Gasteiger partial charge in [-0.2, -0.15) is 0 Å². The summed E-state index contributed by atoms with van der Waals surface area (Å²) in [5, 5.41) is 0.858. The summed E-state index contributed by atoms with van der Waals surface area (Å²) < 4.78 is 5.22. The Hall–Kier alpha value is -1.36. The van der Waals surface area contributed by atoms with E-state index < -0.39 is 11.7 Å². The van der Waals surface area contributed by atoms with E-state index in [1.54, 1.807) is 30.2 Å². The molecule has 1 saturated carbocycles. The molecule has 1 aliphatic heterocycles. The van der Waals surface area contributed by atoms with Crippen LogP contribution in [0, 0.1) is 5.41 Å². The number of halogens is 1. The molecule has 0 aromatic heterocycles. The molecular formula is C16H18BrNO3. The zero-order valence-electron chi connectivity index (χ0n) is 12.0. The van der Waals surface area contributed by atoms with E-state index in [1.807, 2.05) is 0 Å². The van der Waals surface area contributed by atoms with Gasteiger partial charge in [-0.15, -0.1) is 0 Å². The van der Waals surface area contributed by atoms with Gasteiger partial charge >= 0.3 is 0 Å². The molecule has 2 aliphatic rings. The van der Waals surface area contributed by atoms with E-state index in [4.69, 9.17) is 4.74 Å². The Kier molecular flexibility index (Phi) is 3.78. The van der Waals surface area contributed by atoms with Gasteiger partial charge in [-0.3, -0.25) is 9.59 Å². The van der Waals surface area contributed by atoms with E-state index in [9.17, 15) is 9.59 Å². The number of amides is 1. The van der Waals surface area contributed by atoms with E-state index in [1.165, 1.54) is 12.8 Å². The number of carbonyl (C=O) groups excluding carboxylic acids is 2. The number of ketones is 1. The highest BCUT2D eigenvalue weighted by Crippen LogP contribution is 2.43. The second-order valence-corrected chi connectivity index (χ2v) is 6.50. The highest BCUT2D eigenvalue weighted by atomic mass is 79.9. The van der Waals surface area contributed by atoms with Crippen molar-refractivity contribution in [2.45, 2.75) is 25.7 Å². The molecule has 21 heavy (non-hydrogen) atoms. The summed E-state index contributed by atoms with van der Waals surface area (Å²) in [6.45, 7) is 0.600. The van der Waals surface area contributed by atoms with Crippen LogP contribution >= 0.6 is 15.9 Å². The number of methoxy groups -OCH3 is 1. The van der Waals surface area contributed by atoms with Gasteiger partial charge in [-0.05, 0) is 30.4 Å². The summed E-state index contributed by atoms with van der Waals surface area (Å²) in [5.74, 6) is -0.151. The SMILES string of the molecule is COc1ccc2c(c1)N(CC1(CBr)CCCC1)C(=O)C2=O. The lowest BCUT2D eigenvalue weighted by Crippen LogP contribution is -2.40. The third-order valence-electron chi connectivity index (χ3n) is 4.62. The van der Waals surface area contributed by atoms with Gasteiger partial charge in [-0.25, -0.2) is 0 Å². The Morgan fingerprint density at radius 3 is 2.62 bits per heavy atom. The molecule has 0 N–H and O–H groups in total. The second kappa shape index (κ2) is 5.44. The molecule has 1 heterocycles. The molecule has 0 unspecified atom stereocenters. The zero-order valence-corrected chi connectivity index (χ0v) is 13.6. The molecule has 0 radical (unpaired) electrons. The number of anilines is 1. The molecule has 1 fully saturated rings. The Balaban J connectivity index is 1.96. The molecular weight excluding hydrogens is 334 g/mol. The molecule has 0 bridgehead atoms. The van der Waals surface area contributed by atoms with Crippen LogP contribution in [0.15, 0.2) is 18.2 Å². The van der Waals surface area contributed by atoms with Crippen molar-refractivity contribution in [1.82, 2.24) is 0 Å². The third kappa shape index (κ3) is 2.37. The highest BCUT2D eigenvalue weighted by Gasteiger charge is 2.42. The van der Waals surface area contributed by atoms with E-state index in [0.29, 0.717) is 23.5 Å². The van der Waals surface area contributed by atoms with Crippen molar-refractivity contribution in [3.8, 4) is 5.75 Å². The van der Waals surface area contributed by atoms with Crippen molar-refractivity contribution in [3.05, 3.63) is 23.8 Å². The van der Waals surface area contributed by atoms with Crippen LogP contribution in [0.1, 0.15) is 36.0 Å². The quantitative estimate of drug-likeness (QED) is 0.618. The van der Waals surface area contributed by atoms with Gasteiger partial charge in [0.1, 0.15) is 5.75 Å². The zero-order chi connectivity index (χ0) is 15.0. The second-order valence-electron chi connectivity index (χ2n) is 5.94. The number of ether oxygens (including phenoxy) is 1. The third-order valence-corrected chi connectivity index (χ3v) is 5.81. The molecule has 112 valence electrons. The van der Waals surface area contributed by atoms with Crippen molar-refractivity contribution in [2.24, 2.45) is 5.41 Å². The predicted molar refractivity (Wildman–Crippen MR) is 84.4 cm³/mol. The number of carbonyl (C=O) groups is 2. The Morgan fingerprint density at radius 1 is 1.29 bits per heavy atom. The van der Waals surface area contributed by atoms with Crippen molar-refractivity contribution >= 4 is 33.3 Å². The summed E-state index contributed by atoms with van der Waals surface area (Å²) in [4.78, 5) is 26.1. The normalized spacial score (nSPS) is 20.0. The van der Waals surface area contributed by atoms with Crippen LogP contribution in [-0.2, 0) is 4.79 Å². The fraction of sp³-hybridized carbons (Fsp3) is 0.500. The number of hydrogen-bond donors (Lipinski definition) is 0. The van der Waals surface area contributed by atoms with Crippen molar-refractivity contribution in [2.75, 3.05) is 23.9 Å². The molecule has 0 atom stereocenters. The first kappa shape index (κ1) is 14.6. The summed E-state index contributed by atoms with van der Waals surface area (Å²) in [5.41, 5.74) is 1.26. The van der Waals surface area contributed by atoms with E-state index in [-0.39, 0.29) is 5.41 Å². The smallest absolute Gasteiger partial charge is 0.299 e. The maximum absolute atomic E-state index is 12.3. The number of rotatable bonds is 4. The molecule has 0 saturated heterocycles. The maximum Gasteiger partial charge on any atom is 0.299 e. The van der Waals surface area contributed by atoms with Crippen LogP contribution in [-0.4, -0.2) is 30.7 Å². The average molecular weight is 352 g/mol. The minimum Gasteiger partial charge on any atom is -0.497 e. The van der Waals surface area contributed by atoms with Gasteiger partial charge in [0.2, 0.25) is 0 Å². The minimum absolute atomic E-state index is 0.0840. The van der Waals surface area contributed by atoms with Gasteiger partial charge in [0.05, 0.1) is 18.4 Å². The van der Waals surface area contributed by atoms with Crippen LogP contribution in [0.2, 0.25) is 0 Å². The highest BCUT2D eigenvalue weighted by molar-refractivity contribution is 9.09. The molecule has 1 aromatic rings. The summed E-state index contributed by atoms with van der Waals surface area (Å²) in [6.07, 6.45) is 4.56. The molecule has 1 amide bonds. The Labute approximate surface area is 132 Å². The van der Waals surface area contributed by atoms with Crippen molar-refractivity contribution in [3.63, 3.8) is 0 Å². The number of hydrogen-bond acceptors (Lipinski definition) is 3. The van der Waals surface area contributed by atoms with Crippen LogP contribution < -0.4 is 9.64 Å². The molecule has 0 spiro atoms. The molecule has 1 aromatic carbocycles. The van der Waals surface area contributed by atoms with E-state index >= 15 is 0 Å². The Bertz CT molecular complexity index is 593. The summed E-state index contributed by atoms with van der Waals surface area (Å²) in [7, 11) is 1.58. The fourth-order valence-electron chi connectivity index (χ4n) is 3.35. The first-order valence-electron chi connectivity index (χ1n) is 7.20. The van der Waals surface area contributed by atoms with Crippen molar-refractivity contribution < 1.29 is 14.3 Å². The van der Waals surface area contributed by atoms with Gasteiger partial charge in [0.25, 0.3) is 11.7 Å². The lowest BCUT2D eigenvalue weighted by molar-refractivity contribution is -0.114. The number of fused-ring (bicyclic) bond motifs is 1. The minimum atomic E-state index is -0.412. The fourth-order valence-corrected chi connectivity index (χ4v) is 4.09. The summed E-state index contributed by atoms with van der Waals surface area (Å²) >= 11 is 3.60. The summed E-state index contributed by atoms with van der Waals surface area (Å²) in [6, 6.07) is 5.20. The lowest BCUT2D eigenvalue weighted by atomic mass is 9.88. The maximum atomic E-state index is 12.3. The van der Waals surface area contributed by atoms with E-state index in [0.717, 1.165) is 18.2 Å². The van der Waals surface area contributed by atoms with Gasteiger partial charge in [0, 0.05) is 17.9 Å². The number of benzene rings is 1. The Morgan fingerprint density at radius 2 is 2.00 bits per heavy atom. The topological polar surface area (TPSA) is 46.6 Å². The van der Waals surface area contributed by atoms with Gasteiger partial charge in [-0.1, -0.05) is 28.8 Å². The number of nitrogens with zero attached hydrogens (tertiary/aromatic N) is 1. The molecule has 4 nitrogen and oxygen atoms in total. The molecule has 3 rings (SSSR count). The largest absolute Gasteiger partial charge is 0.497 e. The lowest BCUT2D eigenvalue weighted by Gasteiger charge is -2.31. The number of Topliss-reactive ketones (excluding diaryl/α,β-unsaturated/α-hetero) is 1. The van der Waals surface area contributed by atoms with Crippen LogP contribution in [0.4, 0.5) is 5.69 Å². The van der Waals surface area contributed by atoms with Gasteiger partial charge in [0.15, 0.2) is 0 Å². The van der Waals surface area contributed by atoms with Crippen LogP contribution in [0.5, 0.6) is 5.75 Å². The number of alkyl halides is 1. The average Bonchev–Trinajstić information content (AvgIpc) is 3.07. The first-order chi connectivity index (χ1) is 10.1.